The average molecular weight is 327 g/mol. The van der Waals surface area contributed by atoms with Crippen LogP contribution in [0.15, 0.2) is 24.3 Å². The summed E-state index contributed by atoms with van der Waals surface area (Å²) in [6, 6.07) is 6.89. The molecule has 1 heterocycles. The van der Waals surface area contributed by atoms with E-state index in [1.54, 1.807) is 24.3 Å². The van der Waals surface area contributed by atoms with Crippen LogP contribution in [0.4, 0.5) is 0 Å². The molecule has 1 aliphatic rings. The molecule has 2 rings (SSSR count). The molecule has 8 heteroatoms. The molecule has 0 saturated heterocycles. The monoisotopic (exact) mass is 327 g/mol. The van der Waals surface area contributed by atoms with Gasteiger partial charge >= 0.3 is 11.9 Å². The van der Waals surface area contributed by atoms with E-state index >= 15 is 0 Å². The summed E-state index contributed by atoms with van der Waals surface area (Å²) in [4.78, 5) is 24.1. The first-order chi connectivity index (χ1) is 10.2. The van der Waals surface area contributed by atoms with Gasteiger partial charge < -0.3 is 9.47 Å². The number of carbonyl (C=O) groups excluding carboxylic acids is 2. The van der Waals surface area contributed by atoms with Gasteiger partial charge in [-0.2, -0.15) is 0 Å². The summed E-state index contributed by atoms with van der Waals surface area (Å²) < 4.78 is 34.2. The molecule has 0 saturated carbocycles. The number of carbonyl (C=O) groups is 2. The lowest BCUT2D eigenvalue weighted by Crippen LogP contribution is -2.47. The summed E-state index contributed by atoms with van der Waals surface area (Å²) in [5, 5.41) is 0. The largest absolute Gasteiger partial charge is 0.461 e. The van der Waals surface area contributed by atoms with E-state index in [1.807, 2.05) is 0 Å². The Morgan fingerprint density at radius 2 is 2.09 bits per heavy atom. The minimum Gasteiger partial charge on any atom is -0.461 e. The van der Waals surface area contributed by atoms with Crippen molar-refractivity contribution in [2.75, 3.05) is 19.4 Å². The van der Waals surface area contributed by atoms with Gasteiger partial charge in [-0.15, -0.1) is 0 Å². The van der Waals surface area contributed by atoms with Crippen LogP contribution in [0.2, 0.25) is 0 Å². The van der Waals surface area contributed by atoms with Gasteiger partial charge in [0.15, 0.2) is 0 Å². The highest BCUT2D eigenvalue weighted by molar-refractivity contribution is 7.88. The molecular weight excluding hydrogens is 310 g/mol. The van der Waals surface area contributed by atoms with Crippen LogP contribution >= 0.6 is 0 Å². The van der Waals surface area contributed by atoms with E-state index in [0.717, 1.165) is 6.26 Å². The normalized spacial score (nSPS) is 20.9. The van der Waals surface area contributed by atoms with E-state index in [-0.39, 0.29) is 19.6 Å². The van der Waals surface area contributed by atoms with E-state index < -0.39 is 27.6 Å². The molecule has 22 heavy (non-hydrogen) atoms. The third-order valence-electron chi connectivity index (χ3n) is 3.21. The lowest BCUT2D eigenvalue weighted by atomic mass is 9.90. The number of fused-ring (bicyclic) bond motifs is 1. The number of cyclic esters (lactones) is 1. The van der Waals surface area contributed by atoms with Gasteiger partial charge in [0.2, 0.25) is 15.6 Å². The number of ether oxygens (including phenoxy) is 2. The fraction of sp³-hybridized carbons (Fsp3) is 0.429. The Morgan fingerprint density at radius 1 is 1.41 bits per heavy atom. The predicted molar refractivity (Wildman–Crippen MR) is 77.8 cm³/mol. The summed E-state index contributed by atoms with van der Waals surface area (Å²) in [6.07, 6.45) is 1.23. The molecular formula is C14H17NO6S. The number of rotatable bonds is 5. The van der Waals surface area contributed by atoms with E-state index in [1.165, 1.54) is 6.92 Å². The number of benzene rings is 1. The molecule has 1 aromatic rings. The highest BCUT2D eigenvalue weighted by Gasteiger charge is 2.43. The zero-order chi connectivity index (χ0) is 16.4. The van der Waals surface area contributed by atoms with Gasteiger partial charge in [-0.25, -0.2) is 22.7 Å². The molecule has 0 amide bonds. The Hall–Kier alpha value is -1.93. The molecule has 0 unspecified atom stereocenters. The third-order valence-corrected chi connectivity index (χ3v) is 3.94. The van der Waals surface area contributed by atoms with Crippen molar-refractivity contribution in [1.29, 1.82) is 0 Å². The van der Waals surface area contributed by atoms with Crippen molar-refractivity contribution < 1.29 is 27.5 Å². The number of hydrogen-bond acceptors (Lipinski definition) is 6. The fourth-order valence-electron chi connectivity index (χ4n) is 2.17. The number of sulfonamides is 1. The van der Waals surface area contributed by atoms with E-state index in [9.17, 15) is 18.0 Å². The summed E-state index contributed by atoms with van der Waals surface area (Å²) in [5.74, 6) is -1.28. The van der Waals surface area contributed by atoms with Crippen LogP contribution in [0.25, 0.3) is 0 Å². The van der Waals surface area contributed by atoms with Gasteiger partial charge in [-0.3, -0.25) is 0 Å². The third kappa shape index (κ3) is 3.83. The van der Waals surface area contributed by atoms with E-state index in [4.69, 9.17) is 9.47 Å². The van der Waals surface area contributed by atoms with Crippen LogP contribution in [0.5, 0.6) is 0 Å². The highest BCUT2D eigenvalue weighted by atomic mass is 32.2. The van der Waals surface area contributed by atoms with Crippen LogP contribution in [0.1, 0.15) is 22.8 Å². The molecule has 1 aliphatic heterocycles. The first kappa shape index (κ1) is 16.4. The molecule has 0 spiro atoms. The molecule has 0 aromatic heterocycles. The van der Waals surface area contributed by atoms with Gasteiger partial charge in [0, 0.05) is 13.0 Å². The molecule has 0 radical (unpaired) electrons. The molecule has 120 valence electrons. The standard InChI is InChI=1S/C14H17NO6S/c1-14(13(17)20-8-7-15-22(2,18)19)9-10-5-3-4-6-11(10)12(16)21-14/h3-6,15H,7-9H2,1-2H3/t14-/m1/s1. The molecule has 1 atom stereocenters. The predicted octanol–water partition coefficient (Wildman–Crippen LogP) is 0.251. The maximum absolute atomic E-state index is 12.1. The van der Waals surface area contributed by atoms with Crippen LogP contribution < -0.4 is 4.72 Å². The number of hydrogen-bond donors (Lipinski definition) is 1. The minimum absolute atomic E-state index is 0.0365. The Morgan fingerprint density at radius 3 is 2.77 bits per heavy atom. The molecule has 1 N–H and O–H groups in total. The van der Waals surface area contributed by atoms with Gasteiger partial charge in [0.05, 0.1) is 11.8 Å². The van der Waals surface area contributed by atoms with Gasteiger partial charge in [0.25, 0.3) is 0 Å². The van der Waals surface area contributed by atoms with Crippen LogP contribution in [0.3, 0.4) is 0 Å². The zero-order valence-electron chi connectivity index (χ0n) is 12.3. The van der Waals surface area contributed by atoms with Crippen molar-refractivity contribution in [2.45, 2.75) is 18.9 Å². The van der Waals surface area contributed by atoms with E-state index in [0.29, 0.717) is 11.1 Å². The first-order valence-corrected chi connectivity index (χ1v) is 8.53. The van der Waals surface area contributed by atoms with Crippen molar-refractivity contribution in [1.82, 2.24) is 4.72 Å². The zero-order valence-corrected chi connectivity index (χ0v) is 13.1. The van der Waals surface area contributed by atoms with Gasteiger partial charge in [0.1, 0.15) is 6.61 Å². The van der Waals surface area contributed by atoms with Gasteiger partial charge in [-0.1, -0.05) is 18.2 Å². The number of esters is 2. The van der Waals surface area contributed by atoms with Crippen molar-refractivity contribution in [2.24, 2.45) is 0 Å². The van der Waals surface area contributed by atoms with E-state index in [2.05, 4.69) is 4.72 Å². The van der Waals surface area contributed by atoms with Crippen molar-refractivity contribution in [3.05, 3.63) is 35.4 Å². The lowest BCUT2D eigenvalue weighted by Gasteiger charge is -2.32. The lowest BCUT2D eigenvalue weighted by molar-refractivity contribution is -0.164. The summed E-state index contributed by atoms with van der Waals surface area (Å²) in [7, 11) is -3.34. The first-order valence-electron chi connectivity index (χ1n) is 6.64. The maximum atomic E-state index is 12.1. The molecule has 0 fully saturated rings. The Bertz CT molecular complexity index is 699. The quantitative estimate of drug-likeness (QED) is 0.615. The second-order valence-corrected chi connectivity index (χ2v) is 7.09. The van der Waals surface area contributed by atoms with Crippen LogP contribution in [-0.2, 0) is 30.7 Å². The second kappa shape index (κ2) is 6.05. The minimum atomic E-state index is -3.34. The molecule has 0 bridgehead atoms. The summed E-state index contributed by atoms with van der Waals surface area (Å²) in [5.41, 5.74) is -0.254. The SMILES string of the molecule is C[C@]1(C(=O)OCCNS(C)(=O)=O)Cc2ccccc2C(=O)O1. The summed E-state index contributed by atoms with van der Waals surface area (Å²) >= 11 is 0. The Balaban J connectivity index is 2.00. The molecule has 1 aromatic carbocycles. The van der Waals surface area contributed by atoms with Crippen molar-refractivity contribution in [3.63, 3.8) is 0 Å². The van der Waals surface area contributed by atoms with Crippen molar-refractivity contribution in [3.8, 4) is 0 Å². The molecule has 7 nitrogen and oxygen atoms in total. The fourth-order valence-corrected chi connectivity index (χ4v) is 2.62. The topological polar surface area (TPSA) is 98.8 Å². The van der Waals surface area contributed by atoms with Crippen LogP contribution in [0, 0.1) is 0 Å². The molecule has 0 aliphatic carbocycles. The smallest absolute Gasteiger partial charge is 0.350 e. The van der Waals surface area contributed by atoms with Crippen molar-refractivity contribution >= 4 is 22.0 Å². The average Bonchev–Trinajstić information content (AvgIpc) is 2.42. The summed E-state index contributed by atoms with van der Waals surface area (Å²) in [6.45, 7) is 1.30. The maximum Gasteiger partial charge on any atom is 0.350 e. The van der Waals surface area contributed by atoms with Crippen LogP contribution in [-0.4, -0.2) is 45.4 Å². The Labute approximate surface area is 128 Å². The second-order valence-electron chi connectivity index (χ2n) is 5.26. The van der Waals surface area contributed by atoms with Gasteiger partial charge in [-0.05, 0) is 18.6 Å². The number of nitrogens with one attached hydrogen (secondary N) is 1. The highest BCUT2D eigenvalue weighted by Crippen LogP contribution is 2.28. The Kier molecular flexibility index (Phi) is 4.52.